The summed E-state index contributed by atoms with van der Waals surface area (Å²) in [5, 5.41) is 3.42. The summed E-state index contributed by atoms with van der Waals surface area (Å²) >= 11 is 0. The van der Waals surface area contributed by atoms with Gasteiger partial charge in [-0.1, -0.05) is 20.8 Å². The SMILES string of the molecule is CC1CCC(C2CCNc3nc(C(C)(C)C)cn32)O1. The third-order valence-electron chi connectivity index (χ3n) is 4.28. The van der Waals surface area contributed by atoms with Crippen LogP contribution in [0.15, 0.2) is 6.20 Å². The predicted octanol–water partition coefficient (Wildman–Crippen LogP) is 3.10. The maximum Gasteiger partial charge on any atom is 0.203 e. The minimum atomic E-state index is 0.0976. The molecule has 0 radical (unpaired) electrons. The van der Waals surface area contributed by atoms with Crippen LogP contribution in [0.1, 0.15) is 58.7 Å². The van der Waals surface area contributed by atoms with Gasteiger partial charge in [0.15, 0.2) is 0 Å². The maximum absolute atomic E-state index is 6.08. The number of hydrogen-bond acceptors (Lipinski definition) is 3. The monoisotopic (exact) mass is 263 g/mol. The number of imidazole rings is 1. The Morgan fingerprint density at radius 2 is 2.11 bits per heavy atom. The minimum absolute atomic E-state index is 0.0976. The van der Waals surface area contributed by atoms with Crippen LogP contribution < -0.4 is 5.32 Å². The van der Waals surface area contributed by atoms with E-state index in [-0.39, 0.29) is 5.41 Å². The van der Waals surface area contributed by atoms with Gasteiger partial charge in [0, 0.05) is 18.2 Å². The van der Waals surface area contributed by atoms with Crippen molar-refractivity contribution in [3.63, 3.8) is 0 Å². The lowest BCUT2D eigenvalue weighted by atomic mass is 9.93. The van der Waals surface area contributed by atoms with E-state index in [4.69, 9.17) is 9.72 Å². The lowest BCUT2D eigenvalue weighted by molar-refractivity contribution is 0.0205. The molecule has 1 aromatic heterocycles. The van der Waals surface area contributed by atoms with Crippen LogP contribution in [-0.2, 0) is 10.2 Å². The number of fused-ring (bicyclic) bond motifs is 1. The van der Waals surface area contributed by atoms with Gasteiger partial charge in [0.2, 0.25) is 5.95 Å². The molecule has 0 aromatic carbocycles. The lowest BCUT2D eigenvalue weighted by Crippen LogP contribution is -2.31. The number of hydrogen-bond donors (Lipinski definition) is 1. The van der Waals surface area contributed by atoms with Crippen LogP contribution in [0.5, 0.6) is 0 Å². The Kier molecular flexibility index (Phi) is 3.08. The van der Waals surface area contributed by atoms with Gasteiger partial charge in [-0.3, -0.25) is 0 Å². The van der Waals surface area contributed by atoms with Gasteiger partial charge in [0.25, 0.3) is 0 Å². The second-order valence-corrected chi connectivity index (χ2v) is 6.95. The molecule has 0 aliphatic carbocycles. The van der Waals surface area contributed by atoms with E-state index in [1.807, 2.05) is 0 Å². The van der Waals surface area contributed by atoms with Gasteiger partial charge in [-0.2, -0.15) is 0 Å². The zero-order valence-corrected chi connectivity index (χ0v) is 12.4. The Bertz CT molecular complexity index is 460. The topological polar surface area (TPSA) is 39.1 Å². The van der Waals surface area contributed by atoms with Crippen molar-refractivity contribution in [3.8, 4) is 0 Å². The predicted molar refractivity (Wildman–Crippen MR) is 76.6 cm³/mol. The number of anilines is 1. The van der Waals surface area contributed by atoms with E-state index >= 15 is 0 Å². The zero-order chi connectivity index (χ0) is 13.6. The highest BCUT2D eigenvalue weighted by Crippen LogP contribution is 2.36. The summed E-state index contributed by atoms with van der Waals surface area (Å²) in [5.74, 6) is 1.02. The molecule has 1 saturated heterocycles. The van der Waals surface area contributed by atoms with E-state index in [1.54, 1.807) is 0 Å². The van der Waals surface area contributed by atoms with E-state index in [9.17, 15) is 0 Å². The Hall–Kier alpha value is -1.03. The van der Waals surface area contributed by atoms with Crippen LogP contribution in [0, 0.1) is 0 Å². The van der Waals surface area contributed by atoms with Gasteiger partial charge in [-0.15, -0.1) is 0 Å². The Morgan fingerprint density at radius 1 is 1.32 bits per heavy atom. The second-order valence-electron chi connectivity index (χ2n) is 6.95. The van der Waals surface area contributed by atoms with E-state index in [0.717, 1.165) is 24.6 Å². The molecule has 1 N–H and O–H groups in total. The molecule has 3 unspecified atom stereocenters. The normalized spacial score (nSPS) is 31.1. The van der Waals surface area contributed by atoms with Gasteiger partial charge in [-0.05, 0) is 26.2 Å². The molecule has 0 bridgehead atoms. The number of rotatable bonds is 1. The van der Waals surface area contributed by atoms with Gasteiger partial charge >= 0.3 is 0 Å². The molecule has 3 atom stereocenters. The summed E-state index contributed by atoms with van der Waals surface area (Å²) in [6.07, 6.45) is 6.48. The van der Waals surface area contributed by atoms with Crippen molar-refractivity contribution in [1.82, 2.24) is 9.55 Å². The average molecular weight is 263 g/mol. The first kappa shape index (κ1) is 13.0. The molecule has 0 saturated carbocycles. The van der Waals surface area contributed by atoms with Gasteiger partial charge in [-0.25, -0.2) is 4.98 Å². The molecule has 3 rings (SSSR count). The average Bonchev–Trinajstić information content (AvgIpc) is 2.93. The quantitative estimate of drug-likeness (QED) is 0.846. The standard InChI is InChI=1S/C15H25N3O/c1-10-5-6-12(19-10)11-7-8-16-14-17-13(9-18(11)14)15(2,3)4/h9-12H,5-8H2,1-4H3,(H,16,17). The molecule has 0 spiro atoms. The number of nitrogens with one attached hydrogen (secondary N) is 1. The zero-order valence-electron chi connectivity index (χ0n) is 12.4. The van der Waals surface area contributed by atoms with Crippen LogP contribution in [0.2, 0.25) is 0 Å². The fourth-order valence-electron chi connectivity index (χ4n) is 3.09. The molecular formula is C15H25N3O. The lowest BCUT2D eigenvalue weighted by Gasteiger charge is -2.30. The van der Waals surface area contributed by atoms with Crippen molar-refractivity contribution >= 4 is 5.95 Å². The molecule has 3 heterocycles. The van der Waals surface area contributed by atoms with Crippen LogP contribution in [0.25, 0.3) is 0 Å². The molecule has 1 fully saturated rings. The summed E-state index contributed by atoms with van der Waals surface area (Å²) in [4.78, 5) is 4.76. The van der Waals surface area contributed by atoms with Crippen molar-refractivity contribution in [2.24, 2.45) is 0 Å². The fraction of sp³-hybridized carbons (Fsp3) is 0.800. The van der Waals surface area contributed by atoms with Crippen molar-refractivity contribution < 1.29 is 4.74 Å². The molecule has 1 aromatic rings. The Labute approximate surface area is 115 Å². The van der Waals surface area contributed by atoms with E-state index < -0.39 is 0 Å². The number of ether oxygens (including phenoxy) is 1. The van der Waals surface area contributed by atoms with Crippen LogP contribution >= 0.6 is 0 Å². The smallest absolute Gasteiger partial charge is 0.203 e. The first-order valence-corrected chi connectivity index (χ1v) is 7.44. The van der Waals surface area contributed by atoms with Gasteiger partial charge in [0.05, 0.1) is 23.9 Å². The summed E-state index contributed by atoms with van der Waals surface area (Å²) in [5.41, 5.74) is 1.26. The van der Waals surface area contributed by atoms with Crippen LogP contribution in [0.4, 0.5) is 5.95 Å². The highest BCUT2D eigenvalue weighted by Gasteiger charge is 2.34. The van der Waals surface area contributed by atoms with Crippen molar-refractivity contribution in [1.29, 1.82) is 0 Å². The summed E-state index contributed by atoms with van der Waals surface area (Å²) in [6.45, 7) is 9.81. The maximum atomic E-state index is 6.08. The van der Waals surface area contributed by atoms with Crippen LogP contribution in [-0.4, -0.2) is 28.3 Å². The largest absolute Gasteiger partial charge is 0.373 e. The summed E-state index contributed by atoms with van der Waals surface area (Å²) in [7, 11) is 0. The van der Waals surface area contributed by atoms with Crippen molar-refractivity contribution in [2.45, 2.75) is 70.6 Å². The van der Waals surface area contributed by atoms with E-state index in [2.05, 4.69) is 43.8 Å². The molecule has 0 amide bonds. The molecule has 106 valence electrons. The van der Waals surface area contributed by atoms with Gasteiger partial charge < -0.3 is 14.6 Å². The molecule has 2 aliphatic rings. The molecule has 4 nitrogen and oxygen atoms in total. The Morgan fingerprint density at radius 3 is 2.74 bits per heavy atom. The number of aromatic nitrogens is 2. The van der Waals surface area contributed by atoms with Crippen molar-refractivity contribution in [2.75, 3.05) is 11.9 Å². The third-order valence-corrected chi connectivity index (χ3v) is 4.28. The highest BCUT2D eigenvalue weighted by molar-refractivity contribution is 5.34. The first-order valence-electron chi connectivity index (χ1n) is 7.44. The fourth-order valence-corrected chi connectivity index (χ4v) is 3.09. The first-order chi connectivity index (χ1) is 8.95. The second kappa shape index (κ2) is 4.51. The number of nitrogens with zero attached hydrogens (tertiary/aromatic N) is 2. The van der Waals surface area contributed by atoms with Crippen molar-refractivity contribution in [3.05, 3.63) is 11.9 Å². The molecule has 2 aliphatic heterocycles. The molecule has 19 heavy (non-hydrogen) atoms. The summed E-state index contributed by atoms with van der Waals surface area (Å²) in [6, 6.07) is 0.449. The van der Waals surface area contributed by atoms with E-state index in [1.165, 1.54) is 12.8 Å². The van der Waals surface area contributed by atoms with Gasteiger partial charge in [0.1, 0.15) is 0 Å². The molecule has 4 heteroatoms. The highest BCUT2D eigenvalue weighted by atomic mass is 16.5. The third kappa shape index (κ3) is 2.38. The minimum Gasteiger partial charge on any atom is -0.373 e. The van der Waals surface area contributed by atoms with Crippen LogP contribution in [0.3, 0.4) is 0 Å². The Balaban J connectivity index is 1.89. The molecular weight excluding hydrogens is 238 g/mol. The summed E-state index contributed by atoms with van der Waals surface area (Å²) < 4.78 is 8.39. The van der Waals surface area contributed by atoms with E-state index in [0.29, 0.717) is 18.2 Å².